The average molecular weight is 387 g/mol. The Hall–Kier alpha value is -2.05. The Kier molecular flexibility index (Phi) is 5.36. The van der Waals surface area contributed by atoms with E-state index in [0.29, 0.717) is 0 Å². The molecule has 0 bridgehead atoms. The molecule has 1 aliphatic heterocycles. The highest BCUT2D eigenvalue weighted by atomic mass is 32.1. The third-order valence-corrected chi connectivity index (χ3v) is 6.70. The van der Waals surface area contributed by atoms with E-state index in [9.17, 15) is 4.79 Å². The number of nitrogens with zero attached hydrogens (tertiary/aromatic N) is 2. The summed E-state index contributed by atoms with van der Waals surface area (Å²) >= 11 is 1.70. The minimum Gasteiger partial charge on any atom is -0.493 e. The fraction of sp³-hybridized carbons (Fsp3) is 0.476. The topological polar surface area (TPSA) is 42.0 Å². The lowest BCUT2D eigenvalue weighted by atomic mass is 10.1. The van der Waals surface area contributed by atoms with Crippen molar-refractivity contribution in [2.75, 3.05) is 40.4 Å². The van der Waals surface area contributed by atoms with Gasteiger partial charge in [0.2, 0.25) is 0 Å². The van der Waals surface area contributed by atoms with Gasteiger partial charge >= 0.3 is 0 Å². The summed E-state index contributed by atoms with van der Waals surface area (Å²) in [7, 11) is 3.31. The summed E-state index contributed by atoms with van der Waals surface area (Å²) in [6.07, 6.45) is 3.52. The summed E-state index contributed by atoms with van der Waals surface area (Å²) in [6.45, 7) is 4.22. The first-order valence-corrected chi connectivity index (χ1v) is 10.3. The molecule has 0 atom stereocenters. The minimum absolute atomic E-state index is 0.208. The minimum atomic E-state index is 0.208. The van der Waals surface area contributed by atoms with Crippen molar-refractivity contribution < 1.29 is 14.3 Å². The second kappa shape index (κ2) is 7.90. The van der Waals surface area contributed by atoms with Crippen molar-refractivity contribution in [3.63, 3.8) is 0 Å². The van der Waals surface area contributed by atoms with Gasteiger partial charge in [0, 0.05) is 37.6 Å². The van der Waals surface area contributed by atoms with Crippen LogP contribution in [0.15, 0.2) is 24.3 Å². The molecule has 0 N–H and O–H groups in total. The van der Waals surface area contributed by atoms with E-state index in [1.165, 1.54) is 22.4 Å². The SMILES string of the molecule is COc1ccc(CN2CCN(C(=O)c3cc4c(s3)CCC4)CC2)cc1OC. The molecule has 6 heteroatoms. The van der Waals surface area contributed by atoms with Gasteiger partial charge < -0.3 is 14.4 Å². The van der Waals surface area contributed by atoms with Crippen molar-refractivity contribution >= 4 is 17.2 Å². The fourth-order valence-corrected chi connectivity index (χ4v) is 5.16. The normalized spacial score (nSPS) is 17.0. The molecule has 144 valence electrons. The van der Waals surface area contributed by atoms with Crippen LogP contribution in [0.4, 0.5) is 0 Å². The quantitative estimate of drug-likeness (QED) is 0.791. The Morgan fingerprint density at radius 3 is 2.52 bits per heavy atom. The molecule has 2 heterocycles. The number of benzene rings is 1. The van der Waals surface area contributed by atoms with Gasteiger partial charge in [0.25, 0.3) is 5.91 Å². The van der Waals surface area contributed by atoms with E-state index in [0.717, 1.165) is 61.9 Å². The number of thiophene rings is 1. The Balaban J connectivity index is 1.34. The van der Waals surface area contributed by atoms with Crippen LogP contribution in [-0.2, 0) is 19.4 Å². The first-order chi connectivity index (χ1) is 13.2. The van der Waals surface area contributed by atoms with Crippen LogP contribution in [0.5, 0.6) is 11.5 Å². The number of carbonyl (C=O) groups is 1. The number of piperazine rings is 1. The zero-order valence-corrected chi connectivity index (χ0v) is 16.8. The summed E-state index contributed by atoms with van der Waals surface area (Å²) in [4.78, 5) is 19.6. The largest absolute Gasteiger partial charge is 0.493 e. The molecule has 1 aliphatic carbocycles. The second-order valence-corrected chi connectivity index (χ2v) is 8.31. The van der Waals surface area contributed by atoms with Gasteiger partial charge in [-0.25, -0.2) is 0 Å². The van der Waals surface area contributed by atoms with Gasteiger partial charge in [-0.1, -0.05) is 6.07 Å². The molecule has 0 spiro atoms. The van der Waals surface area contributed by atoms with Gasteiger partial charge in [-0.2, -0.15) is 0 Å². The number of methoxy groups -OCH3 is 2. The van der Waals surface area contributed by atoms with Crippen molar-refractivity contribution in [2.24, 2.45) is 0 Å². The maximum Gasteiger partial charge on any atom is 0.264 e. The van der Waals surface area contributed by atoms with Crippen molar-refractivity contribution in [1.82, 2.24) is 9.80 Å². The maximum atomic E-state index is 12.8. The molecule has 0 saturated carbocycles. The van der Waals surface area contributed by atoms with E-state index < -0.39 is 0 Å². The Bertz CT molecular complexity index is 803. The van der Waals surface area contributed by atoms with E-state index >= 15 is 0 Å². The van der Waals surface area contributed by atoms with Crippen LogP contribution in [0.3, 0.4) is 0 Å². The molecule has 1 amide bonds. The second-order valence-electron chi connectivity index (χ2n) is 7.17. The van der Waals surface area contributed by atoms with E-state index in [-0.39, 0.29) is 5.91 Å². The third kappa shape index (κ3) is 3.82. The van der Waals surface area contributed by atoms with Crippen LogP contribution in [0, 0.1) is 0 Å². The van der Waals surface area contributed by atoms with Gasteiger partial charge in [0.15, 0.2) is 11.5 Å². The number of fused-ring (bicyclic) bond motifs is 1. The smallest absolute Gasteiger partial charge is 0.264 e. The van der Waals surface area contributed by atoms with Crippen molar-refractivity contribution in [1.29, 1.82) is 0 Å². The number of rotatable bonds is 5. The Morgan fingerprint density at radius 2 is 1.81 bits per heavy atom. The van der Waals surface area contributed by atoms with E-state index in [2.05, 4.69) is 17.0 Å². The third-order valence-electron chi connectivity index (χ3n) is 5.47. The average Bonchev–Trinajstić information content (AvgIpc) is 3.30. The molecule has 1 aromatic heterocycles. The number of carbonyl (C=O) groups excluding carboxylic acids is 1. The number of aryl methyl sites for hydroxylation is 2. The van der Waals surface area contributed by atoms with Crippen molar-refractivity contribution in [3.05, 3.63) is 45.1 Å². The lowest BCUT2D eigenvalue weighted by Crippen LogP contribution is -2.48. The highest BCUT2D eigenvalue weighted by Gasteiger charge is 2.25. The van der Waals surface area contributed by atoms with Crippen molar-refractivity contribution in [2.45, 2.75) is 25.8 Å². The fourth-order valence-electron chi connectivity index (χ4n) is 3.94. The molecule has 0 unspecified atom stereocenters. The molecular weight excluding hydrogens is 360 g/mol. The Morgan fingerprint density at radius 1 is 1.04 bits per heavy atom. The molecular formula is C21H26N2O3S. The van der Waals surface area contributed by atoms with Crippen LogP contribution in [0.25, 0.3) is 0 Å². The molecule has 1 fully saturated rings. The molecule has 2 aromatic rings. The van der Waals surface area contributed by atoms with Crippen LogP contribution in [0.2, 0.25) is 0 Å². The molecule has 27 heavy (non-hydrogen) atoms. The van der Waals surface area contributed by atoms with Crippen LogP contribution in [-0.4, -0.2) is 56.1 Å². The van der Waals surface area contributed by atoms with E-state index in [4.69, 9.17) is 9.47 Å². The Labute approximate surface area is 164 Å². The lowest BCUT2D eigenvalue weighted by Gasteiger charge is -2.34. The summed E-state index contributed by atoms with van der Waals surface area (Å²) in [5, 5.41) is 0. The number of amides is 1. The molecule has 1 aromatic carbocycles. The van der Waals surface area contributed by atoms with Gasteiger partial charge in [-0.3, -0.25) is 9.69 Å². The zero-order valence-electron chi connectivity index (χ0n) is 16.0. The molecule has 5 nitrogen and oxygen atoms in total. The van der Waals surface area contributed by atoms with Crippen molar-refractivity contribution in [3.8, 4) is 11.5 Å². The van der Waals surface area contributed by atoms with Gasteiger partial charge in [-0.15, -0.1) is 11.3 Å². The molecule has 0 radical (unpaired) electrons. The summed E-state index contributed by atoms with van der Waals surface area (Å²) < 4.78 is 10.7. The summed E-state index contributed by atoms with van der Waals surface area (Å²) in [6, 6.07) is 8.19. The number of hydrogen-bond acceptors (Lipinski definition) is 5. The molecule has 1 saturated heterocycles. The lowest BCUT2D eigenvalue weighted by molar-refractivity contribution is 0.0633. The maximum absolute atomic E-state index is 12.8. The predicted molar refractivity (Wildman–Crippen MR) is 107 cm³/mol. The van der Waals surface area contributed by atoms with Gasteiger partial charge in [0.05, 0.1) is 19.1 Å². The van der Waals surface area contributed by atoms with Crippen LogP contribution in [0.1, 0.15) is 32.1 Å². The first-order valence-electron chi connectivity index (χ1n) is 9.52. The standard InChI is InChI=1S/C21H26N2O3S/c1-25-17-7-6-15(12-18(17)26-2)14-22-8-10-23(11-9-22)21(24)20-13-16-4-3-5-19(16)27-20/h6-7,12-13H,3-5,8-11,14H2,1-2H3. The van der Waals surface area contributed by atoms with E-state index in [1.54, 1.807) is 25.6 Å². The zero-order chi connectivity index (χ0) is 18.8. The molecule has 4 rings (SSSR count). The van der Waals surface area contributed by atoms with E-state index in [1.807, 2.05) is 17.0 Å². The van der Waals surface area contributed by atoms with Gasteiger partial charge in [0.1, 0.15) is 0 Å². The summed E-state index contributed by atoms with van der Waals surface area (Å²) in [5.41, 5.74) is 2.59. The predicted octanol–water partition coefficient (Wildman–Crippen LogP) is 3.21. The van der Waals surface area contributed by atoms with Gasteiger partial charge in [-0.05, 0) is 48.6 Å². The molecule has 2 aliphatic rings. The van der Waals surface area contributed by atoms with Crippen LogP contribution < -0.4 is 9.47 Å². The highest BCUT2D eigenvalue weighted by molar-refractivity contribution is 7.14. The summed E-state index contributed by atoms with van der Waals surface area (Å²) in [5.74, 6) is 1.72. The monoisotopic (exact) mass is 386 g/mol. The number of ether oxygens (including phenoxy) is 2. The first kappa shape index (κ1) is 18.3. The number of hydrogen-bond donors (Lipinski definition) is 0. The van der Waals surface area contributed by atoms with Crippen LogP contribution >= 0.6 is 11.3 Å². The highest BCUT2D eigenvalue weighted by Crippen LogP contribution is 2.31.